The van der Waals surface area contributed by atoms with E-state index in [1.807, 2.05) is 42.5 Å². The maximum absolute atomic E-state index is 12.9. The minimum Gasteiger partial charge on any atom is -0.465 e. The molecule has 0 atom stereocenters. The van der Waals surface area contributed by atoms with Gasteiger partial charge >= 0.3 is 12.0 Å². The minimum atomic E-state index is -0.866. The average molecular weight is 424 g/mol. The molecular weight excluding hydrogens is 394 g/mol. The van der Waals surface area contributed by atoms with Gasteiger partial charge in [0.05, 0.1) is 12.7 Å². The Morgan fingerprint density at radius 1 is 0.903 bits per heavy atom. The highest BCUT2D eigenvalue weighted by molar-refractivity contribution is 5.91. The lowest BCUT2D eigenvalue weighted by Crippen LogP contribution is -2.59. The van der Waals surface area contributed by atoms with Crippen LogP contribution in [0.4, 0.5) is 4.79 Å². The molecule has 0 unspecified atom stereocenters. The summed E-state index contributed by atoms with van der Waals surface area (Å²) in [4.78, 5) is 36.9. The first-order valence-electron chi connectivity index (χ1n) is 10.6. The predicted octanol–water partition coefficient (Wildman–Crippen LogP) is 2.94. The van der Waals surface area contributed by atoms with E-state index in [2.05, 4.69) is 16.0 Å². The smallest absolute Gasteiger partial charge is 0.337 e. The van der Waals surface area contributed by atoms with Crippen LogP contribution in [0.25, 0.3) is 0 Å². The molecule has 3 N–H and O–H groups in total. The molecule has 1 aliphatic carbocycles. The molecule has 1 fully saturated rings. The van der Waals surface area contributed by atoms with Crippen LogP contribution in [-0.4, -0.2) is 37.1 Å². The maximum Gasteiger partial charge on any atom is 0.337 e. The quantitative estimate of drug-likeness (QED) is 0.569. The zero-order valence-electron chi connectivity index (χ0n) is 17.8. The second-order valence-electron chi connectivity index (χ2n) is 7.78. The van der Waals surface area contributed by atoms with Gasteiger partial charge < -0.3 is 20.7 Å². The van der Waals surface area contributed by atoms with Gasteiger partial charge in [-0.2, -0.15) is 0 Å². The molecule has 31 heavy (non-hydrogen) atoms. The molecule has 2 aromatic carbocycles. The summed E-state index contributed by atoms with van der Waals surface area (Å²) in [6.45, 7) is 0.859. The molecule has 2 aromatic rings. The van der Waals surface area contributed by atoms with Gasteiger partial charge in [0.2, 0.25) is 5.91 Å². The van der Waals surface area contributed by atoms with E-state index in [0.29, 0.717) is 37.9 Å². The molecule has 3 amide bonds. The van der Waals surface area contributed by atoms with Crippen LogP contribution >= 0.6 is 0 Å². The van der Waals surface area contributed by atoms with Gasteiger partial charge in [-0.15, -0.1) is 0 Å². The number of nitrogens with one attached hydrogen (secondary N) is 3. The maximum atomic E-state index is 12.9. The molecule has 164 valence electrons. The van der Waals surface area contributed by atoms with E-state index in [-0.39, 0.29) is 17.9 Å². The molecule has 0 aliphatic heterocycles. The molecule has 7 nitrogen and oxygen atoms in total. The lowest BCUT2D eigenvalue weighted by atomic mass is 9.96. The summed E-state index contributed by atoms with van der Waals surface area (Å²) in [5.41, 5.74) is 1.63. The fourth-order valence-corrected chi connectivity index (χ4v) is 3.84. The van der Waals surface area contributed by atoms with Crippen LogP contribution in [0.2, 0.25) is 0 Å². The lowest BCUT2D eigenvalue weighted by Gasteiger charge is -2.29. The van der Waals surface area contributed by atoms with E-state index in [0.717, 1.165) is 24.0 Å². The average Bonchev–Trinajstić information content (AvgIpc) is 3.28. The SMILES string of the molecule is COC(=O)c1ccc(CCNC(=O)C2(NC(=O)NCc3ccccc3)CCCC2)cc1. The molecule has 1 aliphatic rings. The van der Waals surface area contributed by atoms with E-state index in [1.54, 1.807) is 12.1 Å². The highest BCUT2D eigenvalue weighted by Gasteiger charge is 2.42. The molecule has 0 aromatic heterocycles. The van der Waals surface area contributed by atoms with Gasteiger partial charge in [-0.1, -0.05) is 55.3 Å². The van der Waals surface area contributed by atoms with Gasteiger partial charge in [0.25, 0.3) is 0 Å². The number of ether oxygens (including phenoxy) is 1. The molecule has 0 radical (unpaired) electrons. The number of urea groups is 1. The van der Waals surface area contributed by atoms with Crippen LogP contribution in [0.15, 0.2) is 54.6 Å². The zero-order valence-corrected chi connectivity index (χ0v) is 17.8. The van der Waals surface area contributed by atoms with Crippen molar-refractivity contribution in [2.45, 2.75) is 44.2 Å². The predicted molar refractivity (Wildman–Crippen MR) is 118 cm³/mol. The van der Waals surface area contributed by atoms with E-state index < -0.39 is 5.54 Å². The first kappa shape index (κ1) is 22.3. The Kier molecular flexibility index (Phi) is 7.65. The van der Waals surface area contributed by atoms with E-state index in [9.17, 15) is 14.4 Å². The Balaban J connectivity index is 1.50. The minimum absolute atomic E-state index is 0.147. The molecule has 0 spiro atoms. The molecular formula is C24H29N3O4. The number of benzene rings is 2. The molecule has 0 heterocycles. The van der Waals surface area contributed by atoms with Gasteiger partial charge in [0.1, 0.15) is 5.54 Å². The molecule has 1 saturated carbocycles. The molecule has 0 saturated heterocycles. The third kappa shape index (κ3) is 6.07. The Labute approximate surface area is 182 Å². The van der Waals surface area contributed by atoms with Crippen molar-refractivity contribution in [1.29, 1.82) is 0 Å². The number of hydrogen-bond donors (Lipinski definition) is 3. The second kappa shape index (κ2) is 10.6. The highest BCUT2D eigenvalue weighted by Crippen LogP contribution is 2.30. The summed E-state index contributed by atoms with van der Waals surface area (Å²) in [6, 6.07) is 16.4. The molecule has 3 rings (SSSR count). The van der Waals surface area contributed by atoms with Crippen molar-refractivity contribution in [2.24, 2.45) is 0 Å². The van der Waals surface area contributed by atoms with Crippen LogP contribution in [0.1, 0.15) is 47.2 Å². The van der Waals surface area contributed by atoms with Crippen molar-refractivity contribution < 1.29 is 19.1 Å². The third-order valence-corrected chi connectivity index (χ3v) is 5.61. The topological polar surface area (TPSA) is 96.5 Å². The fourth-order valence-electron chi connectivity index (χ4n) is 3.84. The van der Waals surface area contributed by atoms with Gasteiger partial charge in [-0.25, -0.2) is 9.59 Å². The normalized spacial score (nSPS) is 14.5. The third-order valence-electron chi connectivity index (χ3n) is 5.61. The van der Waals surface area contributed by atoms with Crippen molar-refractivity contribution >= 4 is 17.9 Å². The number of rotatable bonds is 8. The first-order chi connectivity index (χ1) is 15.0. The van der Waals surface area contributed by atoms with Crippen LogP contribution < -0.4 is 16.0 Å². The number of hydrogen-bond acceptors (Lipinski definition) is 4. The monoisotopic (exact) mass is 423 g/mol. The zero-order chi connectivity index (χ0) is 22.1. The van der Waals surface area contributed by atoms with Crippen molar-refractivity contribution in [1.82, 2.24) is 16.0 Å². The standard InChI is InChI=1S/C24H29N3O4/c1-31-21(28)20-11-9-18(10-12-20)13-16-25-22(29)24(14-5-6-15-24)27-23(30)26-17-19-7-3-2-4-8-19/h2-4,7-12H,5-6,13-17H2,1H3,(H,25,29)(H2,26,27,30). The van der Waals surface area contributed by atoms with Gasteiger partial charge in [-0.05, 0) is 42.5 Å². The Morgan fingerprint density at radius 3 is 2.23 bits per heavy atom. The number of carbonyl (C=O) groups excluding carboxylic acids is 3. The fraction of sp³-hybridized carbons (Fsp3) is 0.375. The summed E-state index contributed by atoms with van der Waals surface area (Å²) in [6.07, 6.45) is 3.70. The van der Waals surface area contributed by atoms with E-state index in [4.69, 9.17) is 4.74 Å². The molecule has 0 bridgehead atoms. The number of carbonyl (C=O) groups is 3. The van der Waals surface area contributed by atoms with E-state index >= 15 is 0 Å². The highest BCUT2D eigenvalue weighted by atomic mass is 16.5. The van der Waals surface area contributed by atoms with Gasteiger partial charge in [-0.3, -0.25) is 4.79 Å². The van der Waals surface area contributed by atoms with E-state index in [1.165, 1.54) is 7.11 Å². The summed E-state index contributed by atoms with van der Waals surface area (Å²) >= 11 is 0. The van der Waals surface area contributed by atoms with Gasteiger partial charge in [0, 0.05) is 13.1 Å². The summed E-state index contributed by atoms with van der Waals surface area (Å²) < 4.78 is 4.70. The van der Waals surface area contributed by atoms with Crippen LogP contribution in [0.3, 0.4) is 0 Å². The Bertz CT molecular complexity index is 891. The molecule has 7 heteroatoms. The van der Waals surface area contributed by atoms with Crippen molar-refractivity contribution in [3.63, 3.8) is 0 Å². The summed E-state index contributed by atoms with van der Waals surface area (Å²) in [7, 11) is 1.35. The Hall–Kier alpha value is -3.35. The lowest BCUT2D eigenvalue weighted by molar-refractivity contribution is -0.127. The van der Waals surface area contributed by atoms with Crippen LogP contribution in [0, 0.1) is 0 Å². The Morgan fingerprint density at radius 2 is 1.58 bits per heavy atom. The number of amides is 3. The van der Waals surface area contributed by atoms with Crippen molar-refractivity contribution in [3.8, 4) is 0 Å². The number of esters is 1. The van der Waals surface area contributed by atoms with Crippen LogP contribution in [-0.2, 0) is 22.5 Å². The van der Waals surface area contributed by atoms with Crippen molar-refractivity contribution in [2.75, 3.05) is 13.7 Å². The second-order valence-corrected chi connectivity index (χ2v) is 7.78. The largest absolute Gasteiger partial charge is 0.465 e. The van der Waals surface area contributed by atoms with Crippen molar-refractivity contribution in [3.05, 3.63) is 71.3 Å². The summed E-state index contributed by atoms with van der Waals surface area (Å²) in [5, 5.41) is 8.73. The number of methoxy groups -OCH3 is 1. The first-order valence-corrected chi connectivity index (χ1v) is 10.6. The van der Waals surface area contributed by atoms with Crippen LogP contribution in [0.5, 0.6) is 0 Å². The summed E-state index contributed by atoms with van der Waals surface area (Å²) in [5.74, 6) is -0.523. The van der Waals surface area contributed by atoms with Gasteiger partial charge in [0.15, 0.2) is 0 Å².